The molecule has 2 heterocycles. The second-order valence-corrected chi connectivity index (χ2v) is 11.3. The molecule has 7 rings (SSSR count). The van der Waals surface area contributed by atoms with Gasteiger partial charge in [0.15, 0.2) is 11.8 Å². The topological polar surface area (TPSA) is 77.3 Å². The van der Waals surface area contributed by atoms with Gasteiger partial charge in [0.2, 0.25) is 0 Å². The number of rotatable bonds is 11. The molecule has 0 N–H and O–H groups in total. The summed E-state index contributed by atoms with van der Waals surface area (Å²) in [7, 11) is 0. The van der Waals surface area contributed by atoms with Crippen molar-refractivity contribution < 1.29 is 31.4 Å². The predicted molar refractivity (Wildman–Crippen MR) is 184 cm³/mol. The summed E-state index contributed by atoms with van der Waals surface area (Å²) in [5.41, 5.74) is 4.38. The zero-order valence-corrected chi connectivity index (χ0v) is 27.5. The minimum absolute atomic E-state index is 0. The summed E-state index contributed by atoms with van der Waals surface area (Å²) in [5, 5.41) is 8.54. The average molecular weight is 677 g/mol. The maximum atomic E-state index is 13.3. The van der Waals surface area contributed by atoms with Crippen molar-refractivity contribution in [3.63, 3.8) is 0 Å². The summed E-state index contributed by atoms with van der Waals surface area (Å²) in [6.45, 7) is 0.709. The zero-order chi connectivity index (χ0) is 32.3. The molecule has 0 spiro atoms. The second kappa shape index (κ2) is 17.0. The van der Waals surface area contributed by atoms with Gasteiger partial charge in [0, 0.05) is 29.2 Å². The molecule has 1 aliphatic heterocycles. The van der Waals surface area contributed by atoms with Crippen molar-refractivity contribution in [2.75, 3.05) is 0 Å². The van der Waals surface area contributed by atoms with E-state index in [4.69, 9.17) is 4.74 Å². The van der Waals surface area contributed by atoms with Gasteiger partial charge in [0.25, 0.3) is 5.91 Å². The monoisotopic (exact) mass is 676 g/mol. The first-order valence-electron chi connectivity index (χ1n) is 15.8. The molecule has 2 atom stereocenters. The van der Waals surface area contributed by atoms with Crippen LogP contribution in [0.15, 0.2) is 157 Å². The Morgan fingerprint density at radius 2 is 1.60 bits per heavy atom. The van der Waals surface area contributed by atoms with Gasteiger partial charge in [-0.25, -0.2) is 4.68 Å². The molecule has 1 unspecified atom stereocenters. The molecule has 1 aromatic heterocycles. The van der Waals surface area contributed by atoms with Gasteiger partial charge in [0.05, 0.1) is 12.2 Å². The molecule has 1 fully saturated rings. The van der Waals surface area contributed by atoms with E-state index in [1.165, 1.54) is 0 Å². The molecule has 0 bridgehead atoms. The van der Waals surface area contributed by atoms with Gasteiger partial charge in [-0.1, -0.05) is 127 Å². The summed E-state index contributed by atoms with van der Waals surface area (Å²) in [6, 6.07) is 26.4. The molecule has 1 saturated heterocycles. The number of likely N-dealkylation sites (tertiary alicyclic amines) is 1. The fourth-order valence-corrected chi connectivity index (χ4v) is 5.42. The zero-order valence-electron chi connectivity index (χ0n) is 26.4. The van der Waals surface area contributed by atoms with Gasteiger partial charge >= 0.3 is 0 Å². The Kier molecular flexibility index (Phi) is 12.1. The number of amides is 1. The molecule has 4 aromatic rings. The maximum Gasteiger partial charge on any atom is 0.250 e. The van der Waals surface area contributed by atoms with E-state index in [-0.39, 0.29) is 41.4 Å². The predicted octanol–water partition coefficient (Wildman–Crippen LogP) is 7.65. The SMILES string of the molecule is C1=CCC=C1.O=C(/C=C/C1=CCC=C1)c1ccc(OCc2cn(C3C(=O)N(Cc4ccccc4)[C@@H]3/C=C/c3ccccc3)nn2)cc1.[Fe]. The molecule has 7 nitrogen and oxygen atoms in total. The number of allylic oxidation sites excluding steroid dienone is 10. The number of carbonyl (C=O) groups excluding carboxylic acids is 2. The first kappa shape index (κ1) is 34.0. The third-order valence-corrected chi connectivity index (χ3v) is 7.95. The molecule has 48 heavy (non-hydrogen) atoms. The standard InChI is InChI=1S/C35H30N4O3.C5H6.Fe/c40-33(22-16-27-11-7-8-12-27)29-17-19-31(20-18-29)42-25-30-24-39(37-36-30)34-32(21-15-26-9-3-1-4-10-26)38(35(34)41)23-28-13-5-2-6-14-28;1-2-4-5-3-1;/h1-7,9-22,24,32,34H,8,23,25H2;1-4H,5H2;/b21-15+,22-16+;;/t32-,34?;;/m1../s1. The third-order valence-electron chi connectivity index (χ3n) is 7.95. The van der Waals surface area contributed by atoms with Crippen LogP contribution in [0.5, 0.6) is 5.75 Å². The summed E-state index contributed by atoms with van der Waals surface area (Å²) < 4.78 is 7.53. The Morgan fingerprint density at radius 1 is 0.875 bits per heavy atom. The number of aromatic nitrogens is 3. The van der Waals surface area contributed by atoms with Crippen LogP contribution in [0.4, 0.5) is 0 Å². The summed E-state index contributed by atoms with van der Waals surface area (Å²) in [4.78, 5) is 27.6. The molecule has 2 aliphatic carbocycles. The van der Waals surface area contributed by atoms with Crippen LogP contribution >= 0.6 is 0 Å². The van der Waals surface area contributed by atoms with E-state index in [0.29, 0.717) is 23.6 Å². The van der Waals surface area contributed by atoms with Crippen LogP contribution in [-0.4, -0.2) is 37.6 Å². The van der Waals surface area contributed by atoms with E-state index in [1.54, 1.807) is 41.2 Å². The van der Waals surface area contributed by atoms with E-state index in [0.717, 1.165) is 29.5 Å². The van der Waals surface area contributed by atoms with Crippen LogP contribution in [-0.2, 0) is 35.0 Å². The first-order valence-corrected chi connectivity index (χ1v) is 15.8. The molecule has 242 valence electrons. The Balaban J connectivity index is 0.000000689. The number of ether oxygens (including phenoxy) is 1. The Hall–Kier alpha value is -5.30. The minimum Gasteiger partial charge on any atom is -0.487 e. The van der Waals surface area contributed by atoms with Crippen molar-refractivity contribution in [2.45, 2.75) is 38.1 Å². The van der Waals surface area contributed by atoms with Gasteiger partial charge in [0.1, 0.15) is 18.1 Å². The molecule has 3 aliphatic rings. The molecule has 0 radical (unpaired) electrons. The summed E-state index contributed by atoms with van der Waals surface area (Å²) in [6.07, 6.45) is 25.8. The number of β-lactam (4-membered cyclic amide) rings is 1. The first-order chi connectivity index (χ1) is 23.1. The molecular weight excluding hydrogens is 640 g/mol. The molecular formula is C40H36FeN4O3. The normalized spacial score (nSPS) is 17.6. The van der Waals surface area contributed by atoms with E-state index in [1.807, 2.05) is 83.8 Å². The summed E-state index contributed by atoms with van der Waals surface area (Å²) in [5.74, 6) is 0.547. The van der Waals surface area contributed by atoms with Crippen LogP contribution in [0.25, 0.3) is 6.08 Å². The number of benzene rings is 3. The van der Waals surface area contributed by atoms with Gasteiger partial charge < -0.3 is 9.64 Å². The van der Waals surface area contributed by atoms with Crippen LogP contribution in [0.3, 0.4) is 0 Å². The Labute approximate surface area is 291 Å². The number of nitrogens with zero attached hydrogens (tertiary/aromatic N) is 4. The largest absolute Gasteiger partial charge is 0.487 e. The third kappa shape index (κ3) is 8.94. The van der Waals surface area contributed by atoms with Gasteiger partial charge in [-0.05, 0) is 59.9 Å². The van der Waals surface area contributed by atoms with Crippen LogP contribution < -0.4 is 4.74 Å². The van der Waals surface area contributed by atoms with Crippen molar-refractivity contribution in [1.29, 1.82) is 0 Å². The van der Waals surface area contributed by atoms with Crippen molar-refractivity contribution in [3.8, 4) is 5.75 Å². The summed E-state index contributed by atoms with van der Waals surface area (Å²) >= 11 is 0. The van der Waals surface area contributed by atoms with Crippen LogP contribution in [0.2, 0.25) is 0 Å². The van der Waals surface area contributed by atoms with E-state index in [9.17, 15) is 9.59 Å². The second-order valence-electron chi connectivity index (χ2n) is 11.3. The van der Waals surface area contributed by atoms with Crippen LogP contribution in [0.1, 0.15) is 46.1 Å². The van der Waals surface area contributed by atoms with Gasteiger partial charge in [-0.2, -0.15) is 0 Å². The van der Waals surface area contributed by atoms with Crippen molar-refractivity contribution in [3.05, 3.63) is 180 Å². The fourth-order valence-electron chi connectivity index (χ4n) is 5.42. The van der Waals surface area contributed by atoms with Crippen molar-refractivity contribution >= 4 is 17.8 Å². The van der Waals surface area contributed by atoms with E-state index < -0.39 is 6.04 Å². The average Bonchev–Trinajstić information content (AvgIpc) is 3.94. The van der Waals surface area contributed by atoms with Crippen molar-refractivity contribution in [2.24, 2.45) is 0 Å². The minimum atomic E-state index is -0.483. The van der Waals surface area contributed by atoms with Gasteiger partial charge in [-0.3, -0.25) is 9.59 Å². The van der Waals surface area contributed by atoms with Crippen LogP contribution in [0, 0.1) is 0 Å². The molecule has 1 amide bonds. The number of carbonyl (C=O) groups is 2. The van der Waals surface area contributed by atoms with Crippen molar-refractivity contribution in [1.82, 2.24) is 19.9 Å². The number of hydrogen-bond acceptors (Lipinski definition) is 5. The maximum absolute atomic E-state index is 13.3. The van der Waals surface area contributed by atoms with Gasteiger partial charge in [-0.15, -0.1) is 5.10 Å². The Bertz CT molecular complexity index is 1850. The van der Waals surface area contributed by atoms with E-state index >= 15 is 0 Å². The smallest absolute Gasteiger partial charge is 0.250 e. The fraction of sp³-hybridized carbons (Fsp3) is 0.150. The molecule has 3 aromatic carbocycles. The van der Waals surface area contributed by atoms with E-state index in [2.05, 4.69) is 52.8 Å². The molecule has 8 heteroatoms. The Morgan fingerprint density at radius 3 is 2.27 bits per heavy atom. The number of hydrogen-bond donors (Lipinski definition) is 0. The quantitative estimate of drug-likeness (QED) is 0.0707. The number of ketones is 1. The molecule has 0 saturated carbocycles.